The molecular weight excluding hydrogens is 284 g/mol. The lowest BCUT2D eigenvalue weighted by Gasteiger charge is -2.25. The van der Waals surface area contributed by atoms with Crippen molar-refractivity contribution >= 4 is 21.1 Å². The molecule has 2 aromatic heterocycles. The van der Waals surface area contributed by atoms with Gasteiger partial charge in [-0.05, 0) is 19.1 Å². The van der Waals surface area contributed by atoms with Gasteiger partial charge >= 0.3 is 0 Å². The lowest BCUT2D eigenvalue weighted by molar-refractivity contribution is 0.121. The molecule has 0 aliphatic carbocycles. The van der Waals surface area contributed by atoms with Crippen LogP contribution in [0, 0.1) is 0 Å². The zero-order valence-corrected chi connectivity index (χ0v) is 11.7. The van der Waals surface area contributed by atoms with E-state index >= 15 is 0 Å². The average Bonchev–Trinajstić information content (AvgIpc) is 2.81. The minimum Gasteiger partial charge on any atom is -0.394 e. The summed E-state index contributed by atoms with van der Waals surface area (Å²) in [5.74, 6) is -0.342. The van der Waals surface area contributed by atoms with Crippen molar-refractivity contribution < 1.29 is 18.6 Å². The summed E-state index contributed by atoms with van der Waals surface area (Å²) >= 11 is 0. The smallest absolute Gasteiger partial charge is 0.218 e. The van der Waals surface area contributed by atoms with Crippen molar-refractivity contribution in [3.8, 4) is 0 Å². The van der Waals surface area contributed by atoms with Gasteiger partial charge in [-0.2, -0.15) is 5.10 Å². The van der Waals surface area contributed by atoms with E-state index in [9.17, 15) is 8.42 Å². The number of fused-ring (bicyclic) bond motifs is 1. The van der Waals surface area contributed by atoms with Gasteiger partial charge in [0.25, 0.3) is 0 Å². The predicted octanol–water partition coefficient (Wildman–Crippen LogP) is -0.879. The van der Waals surface area contributed by atoms with Crippen molar-refractivity contribution in [2.75, 3.05) is 13.2 Å². The van der Waals surface area contributed by atoms with E-state index in [1.807, 2.05) is 0 Å². The second kappa shape index (κ2) is 5.44. The van der Waals surface area contributed by atoms with E-state index in [0.29, 0.717) is 16.7 Å². The Balaban J connectivity index is 2.24. The van der Waals surface area contributed by atoms with Crippen LogP contribution in [0.5, 0.6) is 0 Å². The summed E-state index contributed by atoms with van der Waals surface area (Å²) < 4.78 is 26.4. The van der Waals surface area contributed by atoms with Gasteiger partial charge in [-0.3, -0.25) is 5.10 Å². The zero-order chi connectivity index (χ0) is 14.8. The SMILES string of the molecule is CC(CO)(CO)NS(=O)(=O)Cc1[nH]nc2ncccc12. The molecule has 2 rings (SSSR count). The number of aliphatic hydroxyl groups excluding tert-OH is 2. The van der Waals surface area contributed by atoms with Gasteiger partial charge in [0.05, 0.1) is 24.4 Å². The van der Waals surface area contributed by atoms with Crippen LogP contribution in [-0.4, -0.2) is 52.6 Å². The third-order valence-electron chi connectivity index (χ3n) is 2.84. The quantitative estimate of drug-likeness (QED) is 0.548. The monoisotopic (exact) mass is 300 g/mol. The fraction of sp³-hybridized carbons (Fsp3) is 0.455. The molecule has 0 bridgehead atoms. The van der Waals surface area contributed by atoms with Gasteiger partial charge in [-0.25, -0.2) is 18.1 Å². The summed E-state index contributed by atoms with van der Waals surface area (Å²) in [6.07, 6.45) is 1.56. The average molecular weight is 300 g/mol. The van der Waals surface area contributed by atoms with Crippen LogP contribution in [0.25, 0.3) is 11.0 Å². The largest absolute Gasteiger partial charge is 0.394 e. The maximum atomic E-state index is 12.1. The highest BCUT2D eigenvalue weighted by Crippen LogP contribution is 2.16. The molecule has 9 heteroatoms. The van der Waals surface area contributed by atoms with Gasteiger partial charge in [0.1, 0.15) is 5.75 Å². The summed E-state index contributed by atoms with van der Waals surface area (Å²) in [5.41, 5.74) is -0.462. The van der Waals surface area contributed by atoms with Crippen LogP contribution >= 0.6 is 0 Å². The third-order valence-corrected chi connectivity index (χ3v) is 4.32. The molecule has 4 N–H and O–H groups in total. The first-order valence-electron chi connectivity index (χ1n) is 5.90. The lowest BCUT2D eigenvalue weighted by Crippen LogP contribution is -2.51. The molecule has 0 aliphatic rings. The molecule has 0 saturated heterocycles. The van der Waals surface area contributed by atoms with Crippen LogP contribution in [0.1, 0.15) is 12.6 Å². The van der Waals surface area contributed by atoms with Crippen molar-refractivity contribution in [1.82, 2.24) is 19.9 Å². The highest BCUT2D eigenvalue weighted by molar-refractivity contribution is 7.88. The van der Waals surface area contributed by atoms with E-state index < -0.39 is 28.8 Å². The van der Waals surface area contributed by atoms with Gasteiger partial charge in [0.2, 0.25) is 10.0 Å². The second-order valence-electron chi connectivity index (χ2n) is 4.81. The van der Waals surface area contributed by atoms with E-state index in [1.54, 1.807) is 18.3 Å². The number of H-pyrrole nitrogens is 1. The van der Waals surface area contributed by atoms with Crippen LogP contribution in [0.15, 0.2) is 18.3 Å². The Bertz CT molecular complexity index is 693. The van der Waals surface area contributed by atoms with E-state index in [2.05, 4.69) is 19.9 Å². The van der Waals surface area contributed by atoms with E-state index in [1.165, 1.54) is 6.92 Å². The molecule has 0 atom stereocenters. The number of sulfonamides is 1. The molecule has 0 radical (unpaired) electrons. The summed E-state index contributed by atoms with van der Waals surface area (Å²) in [5, 5.41) is 25.4. The molecule has 110 valence electrons. The molecule has 8 nitrogen and oxygen atoms in total. The maximum Gasteiger partial charge on any atom is 0.218 e. The van der Waals surface area contributed by atoms with E-state index in [-0.39, 0.29) is 5.75 Å². The van der Waals surface area contributed by atoms with Crippen LogP contribution in [0.2, 0.25) is 0 Å². The third kappa shape index (κ3) is 3.12. The predicted molar refractivity (Wildman–Crippen MR) is 72.2 cm³/mol. The second-order valence-corrected chi connectivity index (χ2v) is 6.54. The van der Waals surface area contributed by atoms with E-state index in [4.69, 9.17) is 10.2 Å². The number of nitrogens with one attached hydrogen (secondary N) is 2. The summed E-state index contributed by atoms with van der Waals surface area (Å²) in [4.78, 5) is 4.00. The molecule has 0 aliphatic heterocycles. The molecule has 0 saturated carbocycles. The standard InChI is InChI=1S/C11H16N4O4S/c1-11(6-16,7-17)15-20(18,19)5-9-8-3-2-4-12-10(8)14-13-9/h2-4,15-17H,5-7H2,1H3,(H,12,13,14). The summed E-state index contributed by atoms with van der Waals surface area (Å²) in [7, 11) is -3.75. The zero-order valence-electron chi connectivity index (χ0n) is 10.9. The Morgan fingerprint density at radius 3 is 2.75 bits per heavy atom. The molecule has 0 fully saturated rings. The number of pyridine rings is 1. The van der Waals surface area contributed by atoms with Crippen LogP contribution in [0.4, 0.5) is 0 Å². The minimum atomic E-state index is -3.75. The topological polar surface area (TPSA) is 128 Å². The molecule has 0 amide bonds. The Kier molecular flexibility index (Phi) is 4.04. The summed E-state index contributed by atoms with van der Waals surface area (Å²) in [6.45, 7) is 0.402. The number of hydrogen-bond acceptors (Lipinski definition) is 6. The number of aromatic nitrogens is 3. The number of hydrogen-bond donors (Lipinski definition) is 4. The molecular formula is C11H16N4O4S. The first-order chi connectivity index (χ1) is 9.39. The Morgan fingerprint density at radius 1 is 1.40 bits per heavy atom. The molecule has 2 heterocycles. The van der Waals surface area contributed by atoms with Crippen molar-refractivity contribution in [1.29, 1.82) is 0 Å². The van der Waals surface area contributed by atoms with Crippen LogP contribution in [-0.2, 0) is 15.8 Å². The minimum absolute atomic E-state index is 0.342. The van der Waals surface area contributed by atoms with Crippen molar-refractivity contribution in [3.05, 3.63) is 24.0 Å². The fourth-order valence-electron chi connectivity index (χ4n) is 1.73. The van der Waals surface area contributed by atoms with Gasteiger partial charge in [0.15, 0.2) is 5.65 Å². The van der Waals surface area contributed by atoms with Crippen molar-refractivity contribution in [2.24, 2.45) is 0 Å². The first-order valence-corrected chi connectivity index (χ1v) is 7.56. The van der Waals surface area contributed by atoms with Gasteiger partial charge in [0, 0.05) is 11.6 Å². The fourth-order valence-corrected chi connectivity index (χ4v) is 3.28. The van der Waals surface area contributed by atoms with Crippen LogP contribution in [0.3, 0.4) is 0 Å². The van der Waals surface area contributed by atoms with Gasteiger partial charge < -0.3 is 10.2 Å². The molecule has 0 unspecified atom stereocenters. The molecule has 20 heavy (non-hydrogen) atoms. The number of aromatic amines is 1. The Hall–Kier alpha value is -1.55. The maximum absolute atomic E-state index is 12.1. The molecule has 0 spiro atoms. The van der Waals surface area contributed by atoms with Gasteiger partial charge in [-0.1, -0.05) is 0 Å². The van der Waals surface area contributed by atoms with Gasteiger partial charge in [-0.15, -0.1) is 0 Å². The Morgan fingerprint density at radius 2 is 2.10 bits per heavy atom. The van der Waals surface area contributed by atoms with Crippen molar-refractivity contribution in [2.45, 2.75) is 18.2 Å². The highest BCUT2D eigenvalue weighted by Gasteiger charge is 2.29. The first kappa shape index (κ1) is 14.9. The normalized spacial score (nSPS) is 12.9. The lowest BCUT2D eigenvalue weighted by atomic mass is 10.1. The van der Waals surface area contributed by atoms with E-state index in [0.717, 1.165) is 0 Å². The molecule has 0 aromatic carbocycles. The Labute approximate surface area is 115 Å². The van der Waals surface area contributed by atoms with Crippen LogP contribution < -0.4 is 4.72 Å². The number of rotatable bonds is 6. The molecule has 2 aromatic rings. The highest BCUT2D eigenvalue weighted by atomic mass is 32.2. The number of aliphatic hydroxyl groups is 2. The summed E-state index contributed by atoms with van der Waals surface area (Å²) in [6, 6.07) is 3.40. The van der Waals surface area contributed by atoms with Crippen molar-refractivity contribution in [3.63, 3.8) is 0 Å². The number of nitrogens with zero attached hydrogens (tertiary/aromatic N) is 2.